The molecular formula is C14H13ClN2O4S. The molecule has 0 atom stereocenters. The van der Waals surface area contributed by atoms with Crippen LogP contribution < -0.4 is 4.31 Å². The number of carboxylic acids is 1. The quantitative estimate of drug-likeness (QED) is 0.904. The molecule has 8 heteroatoms. The first-order valence-corrected chi connectivity index (χ1v) is 8.14. The first kappa shape index (κ1) is 16.3. The average molecular weight is 341 g/mol. The Labute approximate surface area is 133 Å². The van der Waals surface area contributed by atoms with Gasteiger partial charge in [0.2, 0.25) is 0 Å². The minimum Gasteiger partial charge on any atom is -0.478 e. The van der Waals surface area contributed by atoms with Gasteiger partial charge in [-0.3, -0.25) is 9.29 Å². The smallest absolute Gasteiger partial charge is 0.337 e. The third-order valence-corrected chi connectivity index (χ3v) is 5.12. The molecular weight excluding hydrogens is 328 g/mol. The van der Waals surface area contributed by atoms with Crippen LogP contribution in [0.5, 0.6) is 0 Å². The number of pyridine rings is 1. The lowest BCUT2D eigenvalue weighted by Gasteiger charge is -2.22. The van der Waals surface area contributed by atoms with Crippen LogP contribution in [-0.4, -0.2) is 31.0 Å². The summed E-state index contributed by atoms with van der Waals surface area (Å²) in [5, 5.41) is 9.42. The summed E-state index contributed by atoms with van der Waals surface area (Å²) in [6.07, 6.45) is 2.47. The molecule has 0 saturated heterocycles. The topological polar surface area (TPSA) is 87.6 Å². The van der Waals surface area contributed by atoms with Crippen LogP contribution >= 0.6 is 11.6 Å². The van der Waals surface area contributed by atoms with Gasteiger partial charge >= 0.3 is 5.97 Å². The summed E-state index contributed by atoms with van der Waals surface area (Å²) in [4.78, 5) is 14.9. The second-order valence-electron chi connectivity index (χ2n) is 4.36. The number of aromatic carboxylic acids is 1. The highest BCUT2D eigenvalue weighted by Gasteiger charge is 2.24. The molecule has 116 valence electrons. The van der Waals surface area contributed by atoms with Gasteiger partial charge in [0.25, 0.3) is 10.0 Å². The molecule has 2 rings (SSSR count). The van der Waals surface area contributed by atoms with Gasteiger partial charge in [0.15, 0.2) is 0 Å². The number of rotatable bonds is 5. The Bertz CT molecular complexity index is 791. The summed E-state index contributed by atoms with van der Waals surface area (Å²) in [6, 6.07) is 7.03. The molecule has 0 aliphatic carbocycles. The predicted molar refractivity (Wildman–Crippen MR) is 82.9 cm³/mol. The van der Waals surface area contributed by atoms with Crippen molar-refractivity contribution in [3.8, 4) is 0 Å². The van der Waals surface area contributed by atoms with Gasteiger partial charge in [-0.2, -0.15) is 0 Å². The van der Waals surface area contributed by atoms with E-state index in [4.69, 9.17) is 16.7 Å². The fourth-order valence-corrected chi connectivity index (χ4v) is 3.48. The summed E-state index contributed by atoms with van der Waals surface area (Å²) >= 11 is 5.76. The second kappa shape index (κ2) is 6.33. The maximum Gasteiger partial charge on any atom is 0.337 e. The Morgan fingerprint density at radius 2 is 1.91 bits per heavy atom. The summed E-state index contributed by atoms with van der Waals surface area (Å²) < 4.78 is 26.4. The molecule has 0 spiro atoms. The van der Waals surface area contributed by atoms with Crippen molar-refractivity contribution in [3.05, 3.63) is 53.3 Å². The van der Waals surface area contributed by atoms with E-state index in [9.17, 15) is 13.2 Å². The summed E-state index contributed by atoms with van der Waals surface area (Å²) in [7, 11) is -3.82. The lowest BCUT2D eigenvalue weighted by Crippen LogP contribution is -2.31. The maximum absolute atomic E-state index is 12.7. The van der Waals surface area contributed by atoms with Crippen LogP contribution in [0.15, 0.2) is 47.6 Å². The Kier molecular flexibility index (Phi) is 4.68. The van der Waals surface area contributed by atoms with E-state index in [2.05, 4.69) is 4.98 Å². The van der Waals surface area contributed by atoms with Crippen molar-refractivity contribution < 1.29 is 18.3 Å². The molecule has 1 N–H and O–H groups in total. The molecule has 0 unspecified atom stereocenters. The molecule has 1 aromatic carbocycles. The monoisotopic (exact) mass is 340 g/mol. The van der Waals surface area contributed by atoms with Gasteiger partial charge in [0.1, 0.15) is 0 Å². The van der Waals surface area contributed by atoms with Crippen LogP contribution in [-0.2, 0) is 10.0 Å². The van der Waals surface area contributed by atoms with Crippen molar-refractivity contribution in [1.29, 1.82) is 0 Å². The van der Waals surface area contributed by atoms with Crippen molar-refractivity contribution >= 4 is 33.3 Å². The third-order valence-electron chi connectivity index (χ3n) is 2.95. The van der Waals surface area contributed by atoms with Crippen molar-refractivity contribution in [3.63, 3.8) is 0 Å². The van der Waals surface area contributed by atoms with Gasteiger partial charge < -0.3 is 5.11 Å². The standard InChI is InChI=1S/C14H13ClN2O4S/c1-2-17(12-7-10(14(18)19)8-16-9-12)22(20,21)13-5-3-11(15)4-6-13/h3-9H,2H2,1H3,(H,18,19). The lowest BCUT2D eigenvalue weighted by molar-refractivity contribution is 0.0696. The highest BCUT2D eigenvalue weighted by atomic mass is 35.5. The van der Waals surface area contributed by atoms with Crippen LogP contribution in [0, 0.1) is 0 Å². The number of carbonyl (C=O) groups is 1. The molecule has 0 radical (unpaired) electrons. The second-order valence-corrected chi connectivity index (χ2v) is 6.66. The summed E-state index contributed by atoms with van der Waals surface area (Å²) in [6.45, 7) is 1.79. The number of benzene rings is 1. The molecule has 2 aromatic rings. The Morgan fingerprint density at radius 3 is 2.45 bits per heavy atom. The van der Waals surface area contributed by atoms with E-state index in [0.717, 1.165) is 10.5 Å². The van der Waals surface area contributed by atoms with Crippen LogP contribution in [0.3, 0.4) is 0 Å². The Hall–Kier alpha value is -2.12. The summed E-state index contributed by atoms with van der Waals surface area (Å²) in [5.74, 6) is -1.17. The molecule has 0 aliphatic rings. The molecule has 0 aliphatic heterocycles. The van der Waals surface area contributed by atoms with E-state index in [1.165, 1.54) is 36.5 Å². The Balaban J connectivity index is 2.49. The third kappa shape index (κ3) is 3.20. The molecule has 1 aromatic heterocycles. The molecule has 0 saturated carbocycles. The first-order chi connectivity index (χ1) is 10.4. The van der Waals surface area contributed by atoms with Gasteiger partial charge in [0, 0.05) is 17.8 Å². The van der Waals surface area contributed by atoms with Crippen molar-refractivity contribution in [2.24, 2.45) is 0 Å². The van der Waals surface area contributed by atoms with E-state index in [-0.39, 0.29) is 22.7 Å². The van der Waals surface area contributed by atoms with Crippen LogP contribution in [0.2, 0.25) is 5.02 Å². The van der Waals surface area contributed by atoms with Gasteiger partial charge in [-0.25, -0.2) is 13.2 Å². The van der Waals surface area contributed by atoms with Gasteiger partial charge in [0.05, 0.1) is 22.3 Å². The largest absolute Gasteiger partial charge is 0.478 e. The molecule has 6 nitrogen and oxygen atoms in total. The fraction of sp³-hybridized carbons (Fsp3) is 0.143. The minimum atomic E-state index is -3.82. The molecule has 22 heavy (non-hydrogen) atoms. The van der Waals surface area contributed by atoms with Gasteiger partial charge in [-0.1, -0.05) is 11.6 Å². The zero-order chi connectivity index (χ0) is 16.3. The van der Waals surface area contributed by atoms with Gasteiger partial charge in [-0.05, 0) is 37.3 Å². The number of hydrogen-bond acceptors (Lipinski definition) is 4. The lowest BCUT2D eigenvalue weighted by atomic mass is 10.2. The van der Waals surface area contributed by atoms with E-state index in [1.807, 2.05) is 0 Å². The minimum absolute atomic E-state index is 0.0690. The Morgan fingerprint density at radius 1 is 1.27 bits per heavy atom. The highest BCUT2D eigenvalue weighted by Crippen LogP contribution is 2.24. The van der Waals surface area contributed by atoms with Gasteiger partial charge in [-0.15, -0.1) is 0 Å². The number of hydrogen-bond donors (Lipinski definition) is 1. The van der Waals surface area contributed by atoms with E-state index < -0.39 is 16.0 Å². The van der Waals surface area contributed by atoms with Crippen molar-refractivity contribution in [1.82, 2.24) is 4.98 Å². The molecule has 0 bridgehead atoms. The van der Waals surface area contributed by atoms with Crippen LogP contribution in [0.1, 0.15) is 17.3 Å². The molecule has 0 fully saturated rings. The number of carboxylic acid groups (broad SMARTS) is 1. The molecule has 0 amide bonds. The number of aromatic nitrogens is 1. The zero-order valence-corrected chi connectivity index (χ0v) is 13.2. The SMILES string of the molecule is CCN(c1cncc(C(=O)O)c1)S(=O)(=O)c1ccc(Cl)cc1. The summed E-state index contributed by atoms with van der Waals surface area (Å²) in [5.41, 5.74) is 0.111. The number of sulfonamides is 1. The van der Waals surface area contributed by atoms with Crippen LogP contribution in [0.25, 0.3) is 0 Å². The van der Waals surface area contributed by atoms with Crippen LogP contribution in [0.4, 0.5) is 5.69 Å². The predicted octanol–water partition coefficient (Wildman–Crippen LogP) is 2.65. The van der Waals surface area contributed by atoms with E-state index in [1.54, 1.807) is 6.92 Å². The molecule has 1 heterocycles. The number of anilines is 1. The number of halogens is 1. The van der Waals surface area contributed by atoms with Crippen molar-refractivity contribution in [2.75, 3.05) is 10.8 Å². The average Bonchev–Trinajstić information content (AvgIpc) is 2.48. The highest BCUT2D eigenvalue weighted by molar-refractivity contribution is 7.92. The maximum atomic E-state index is 12.7. The zero-order valence-electron chi connectivity index (χ0n) is 11.6. The van der Waals surface area contributed by atoms with E-state index in [0.29, 0.717) is 5.02 Å². The van der Waals surface area contributed by atoms with E-state index >= 15 is 0 Å². The van der Waals surface area contributed by atoms with Crippen molar-refractivity contribution in [2.45, 2.75) is 11.8 Å². The number of nitrogens with zero attached hydrogens (tertiary/aromatic N) is 2. The normalized spacial score (nSPS) is 11.2. The first-order valence-electron chi connectivity index (χ1n) is 6.33. The fourth-order valence-electron chi connectivity index (χ4n) is 1.91.